The van der Waals surface area contributed by atoms with Crippen molar-refractivity contribution < 1.29 is 14.6 Å². The summed E-state index contributed by atoms with van der Waals surface area (Å²) < 4.78 is 5.73. The van der Waals surface area contributed by atoms with E-state index >= 15 is 0 Å². The topological polar surface area (TPSA) is 75.8 Å². The number of nitrogens with two attached hydrogens (primary N) is 1. The first-order valence-corrected chi connectivity index (χ1v) is 7.39. The van der Waals surface area contributed by atoms with Gasteiger partial charge < -0.3 is 15.6 Å². The second-order valence-electron chi connectivity index (χ2n) is 5.93. The standard InChI is InChI=1S/C16H24N2O3/c1-13-4-2-5-14(10-13)21-12-16(20)7-3-8-18(11-16)9-6-15(17)19/h2,4-5,10,20H,3,6-9,11-12H2,1H3,(H2,17,19)/t16-/m1/s1. The quantitative estimate of drug-likeness (QED) is 0.822. The van der Waals surface area contributed by atoms with Gasteiger partial charge in [0.15, 0.2) is 0 Å². The van der Waals surface area contributed by atoms with Gasteiger partial charge in [-0.05, 0) is 44.0 Å². The van der Waals surface area contributed by atoms with E-state index in [1.54, 1.807) is 0 Å². The molecule has 1 heterocycles. The molecule has 3 N–H and O–H groups in total. The fourth-order valence-electron chi connectivity index (χ4n) is 2.71. The van der Waals surface area contributed by atoms with Gasteiger partial charge in [-0.2, -0.15) is 0 Å². The van der Waals surface area contributed by atoms with Crippen LogP contribution in [0.1, 0.15) is 24.8 Å². The van der Waals surface area contributed by atoms with Crippen LogP contribution in [0.15, 0.2) is 24.3 Å². The van der Waals surface area contributed by atoms with E-state index in [-0.39, 0.29) is 12.5 Å². The molecule has 1 aliphatic heterocycles. The second-order valence-corrected chi connectivity index (χ2v) is 5.93. The van der Waals surface area contributed by atoms with E-state index in [4.69, 9.17) is 10.5 Å². The molecule has 0 spiro atoms. The number of carbonyl (C=O) groups is 1. The number of β-amino-alcohol motifs (C(OH)–C–C–N with tert-alkyl or cyclic N) is 1. The molecular formula is C16H24N2O3. The first-order valence-electron chi connectivity index (χ1n) is 7.39. The smallest absolute Gasteiger partial charge is 0.218 e. The lowest BCUT2D eigenvalue weighted by Crippen LogP contribution is -2.52. The van der Waals surface area contributed by atoms with Crippen molar-refractivity contribution in [1.29, 1.82) is 0 Å². The average molecular weight is 292 g/mol. The number of aliphatic hydroxyl groups is 1. The summed E-state index contributed by atoms with van der Waals surface area (Å²) in [6.07, 6.45) is 1.94. The van der Waals surface area contributed by atoms with Crippen molar-refractivity contribution in [2.24, 2.45) is 5.73 Å². The third kappa shape index (κ3) is 5.02. The number of aryl methyl sites for hydroxylation is 1. The number of nitrogens with zero attached hydrogens (tertiary/aromatic N) is 1. The number of benzene rings is 1. The lowest BCUT2D eigenvalue weighted by atomic mass is 9.93. The van der Waals surface area contributed by atoms with Gasteiger partial charge in [0.25, 0.3) is 0 Å². The van der Waals surface area contributed by atoms with Crippen LogP contribution in [0.2, 0.25) is 0 Å². The van der Waals surface area contributed by atoms with Gasteiger partial charge >= 0.3 is 0 Å². The minimum absolute atomic E-state index is 0.267. The summed E-state index contributed by atoms with van der Waals surface area (Å²) >= 11 is 0. The molecule has 0 bridgehead atoms. The van der Waals surface area contributed by atoms with Crippen LogP contribution < -0.4 is 10.5 Å². The molecule has 116 valence electrons. The Labute approximate surface area is 125 Å². The number of hydrogen-bond acceptors (Lipinski definition) is 4. The van der Waals surface area contributed by atoms with Crippen LogP contribution in [0.5, 0.6) is 5.75 Å². The highest BCUT2D eigenvalue weighted by molar-refractivity contribution is 5.73. The predicted molar refractivity (Wildman–Crippen MR) is 81.1 cm³/mol. The van der Waals surface area contributed by atoms with Crippen molar-refractivity contribution in [1.82, 2.24) is 4.90 Å². The Bertz CT molecular complexity index is 492. The zero-order valence-electron chi connectivity index (χ0n) is 12.5. The summed E-state index contributed by atoms with van der Waals surface area (Å²) in [7, 11) is 0. The van der Waals surface area contributed by atoms with Crippen LogP contribution >= 0.6 is 0 Å². The molecule has 0 aliphatic carbocycles. The average Bonchev–Trinajstić information content (AvgIpc) is 2.43. The number of rotatable bonds is 6. The minimum atomic E-state index is -0.861. The lowest BCUT2D eigenvalue weighted by molar-refractivity contribution is -0.119. The van der Waals surface area contributed by atoms with E-state index in [0.29, 0.717) is 25.9 Å². The van der Waals surface area contributed by atoms with E-state index < -0.39 is 5.60 Å². The van der Waals surface area contributed by atoms with Gasteiger partial charge in [0.2, 0.25) is 5.91 Å². The molecule has 2 rings (SSSR count). The molecule has 0 saturated carbocycles. The third-order valence-corrected chi connectivity index (χ3v) is 3.81. The largest absolute Gasteiger partial charge is 0.491 e. The lowest BCUT2D eigenvalue weighted by Gasteiger charge is -2.38. The van der Waals surface area contributed by atoms with Gasteiger partial charge in [0, 0.05) is 19.5 Å². The Morgan fingerprint density at radius 1 is 1.52 bits per heavy atom. The van der Waals surface area contributed by atoms with Crippen molar-refractivity contribution in [2.45, 2.75) is 31.8 Å². The highest BCUT2D eigenvalue weighted by Gasteiger charge is 2.34. The summed E-state index contributed by atoms with van der Waals surface area (Å²) in [5.74, 6) is 0.470. The van der Waals surface area contributed by atoms with Crippen molar-refractivity contribution in [2.75, 3.05) is 26.2 Å². The van der Waals surface area contributed by atoms with Gasteiger partial charge in [0.1, 0.15) is 18.0 Å². The molecule has 0 unspecified atom stereocenters. The molecule has 1 atom stereocenters. The third-order valence-electron chi connectivity index (χ3n) is 3.81. The first-order chi connectivity index (χ1) is 9.97. The summed E-state index contributed by atoms with van der Waals surface area (Å²) in [6, 6.07) is 7.80. The van der Waals surface area contributed by atoms with Crippen molar-refractivity contribution >= 4 is 5.91 Å². The van der Waals surface area contributed by atoms with Gasteiger partial charge in [-0.15, -0.1) is 0 Å². The second kappa shape index (κ2) is 6.91. The maximum absolute atomic E-state index is 10.9. The highest BCUT2D eigenvalue weighted by Crippen LogP contribution is 2.23. The van der Waals surface area contributed by atoms with Crippen LogP contribution in [0.4, 0.5) is 0 Å². The van der Waals surface area contributed by atoms with Crippen molar-refractivity contribution in [3.05, 3.63) is 29.8 Å². The Hall–Kier alpha value is -1.59. The maximum Gasteiger partial charge on any atom is 0.218 e. The number of amides is 1. The van der Waals surface area contributed by atoms with E-state index in [1.807, 2.05) is 31.2 Å². The first kappa shape index (κ1) is 15.8. The van der Waals surface area contributed by atoms with Crippen LogP contribution in [0.25, 0.3) is 0 Å². The molecular weight excluding hydrogens is 268 g/mol. The summed E-state index contributed by atoms with van der Waals surface area (Å²) in [5.41, 5.74) is 5.44. The SMILES string of the molecule is Cc1cccc(OC[C@@]2(O)CCCN(CCC(N)=O)C2)c1. The Balaban J connectivity index is 1.87. The Morgan fingerprint density at radius 2 is 2.33 bits per heavy atom. The predicted octanol–water partition coefficient (Wildman–Crippen LogP) is 1.08. The molecule has 1 aromatic rings. The van der Waals surface area contributed by atoms with Crippen molar-refractivity contribution in [3.8, 4) is 5.75 Å². The van der Waals surface area contributed by atoms with E-state index in [1.165, 1.54) is 0 Å². The molecule has 0 radical (unpaired) electrons. The molecule has 1 fully saturated rings. The van der Waals surface area contributed by atoms with Gasteiger partial charge in [0.05, 0.1) is 0 Å². The Kier molecular flexibility index (Phi) is 5.20. The summed E-state index contributed by atoms with van der Waals surface area (Å²) in [6.45, 7) is 4.28. The fraction of sp³-hybridized carbons (Fsp3) is 0.562. The molecule has 0 aromatic heterocycles. The molecule has 1 saturated heterocycles. The van der Waals surface area contributed by atoms with Crippen LogP contribution in [-0.2, 0) is 4.79 Å². The van der Waals surface area contributed by atoms with E-state index in [2.05, 4.69) is 4.90 Å². The molecule has 1 aromatic carbocycles. The van der Waals surface area contributed by atoms with Crippen LogP contribution in [0, 0.1) is 6.92 Å². The van der Waals surface area contributed by atoms with E-state index in [9.17, 15) is 9.90 Å². The molecule has 5 nitrogen and oxygen atoms in total. The number of carbonyl (C=O) groups excluding carboxylic acids is 1. The van der Waals surface area contributed by atoms with Gasteiger partial charge in [-0.25, -0.2) is 0 Å². The fourth-order valence-corrected chi connectivity index (χ4v) is 2.71. The van der Waals surface area contributed by atoms with Crippen LogP contribution in [0.3, 0.4) is 0 Å². The number of piperidine rings is 1. The Morgan fingerprint density at radius 3 is 3.05 bits per heavy atom. The molecule has 1 amide bonds. The molecule has 5 heteroatoms. The normalized spacial score (nSPS) is 23.0. The van der Waals surface area contributed by atoms with Gasteiger partial charge in [-0.1, -0.05) is 12.1 Å². The zero-order chi connectivity index (χ0) is 15.3. The number of hydrogen-bond donors (Lipinski definition) is 2. The van der Waals surface area contributed by atoms with Crippen molar-refractivity contribution in [3.63, 3.8) is 0 Å². The minimum Gasteiger partial charge on any atom is -0.491 e. The molecule has 1 aliphatic rings. The zero-order valence-corrected chi connectivity index (χ0v) is 12.5. The summed E-state index contributed by atoms with van der Waals surface area (Å²) in [4.78, 5) is 12.9. The summed E-state index contributed by atoms with van der Waals surface area (Å²) in [5, 5.41) is 10.7. The number of ether oxygens (including phenoxy) is 1. The van der Waals surface area contributed by atoms with E-state index in [0.717, 1.165) is 24.3 Å². The van der Waals surface area contributed by atoms with Crippen LogP contribution in [-0.4, -0.2) is 47.8 Å². The monoisotopic (exact) mass is 292 g/mol. The maximum atomic E-state index is 10.9. The number of primary amides is 1. The number of likely N-dealkylation sites (tertiary alicyclic amines) is 1. The molecule has 21 heavy (non-hydrogen) atoms. The van der Waals surface area contributed by atoms with Gasteiger partial charge in [-0.3, -0.25) is 9.69 Å². The highest BCUT2D eigenvalue weighted by atomic mass is 16.5.